The van der Waals surface area contributed by atoms with Gasteiger partial charge in [0, 0.05) is 38.3 Å². The summed E-state index contributed by atoms with van der Waals surface area (Å²) in [5, 5.41) is 9.27. The van der Waals surface area contributed by atoms with Crippen LogP contribution in [0.5, 0.6) is 0 Å². The summed E-state index contributed by atoms with van der Waals surface area (Å²) in [7, 11) is 0. The number of aliphatic hydroxyl groups excluding tert-OH is 1. The maximum absolute atomic E-state index is 14.9. The Labute approximate surface area is 269 Å². The first-order valence-electron chi connectivity index (χ1n) is 16.9. The Bertz CT molecular complexity index is 1320. The number of benzene rings is 1. The first-order valence-corrected chi connectivity index (χ1v) is 16.9. The Morgan fingerprint density at radius 3 is 2.22 bits per heavy atom. The summed E-state index contributed by atoms with van der Waals surface area (Å²) in [5.41, 5.74) is -1.69. The molecule has 0 saturated carbocycles. The molecule has 1 spiro atoms. The van der Waals surface area contributed by atoms with E-state index < -0.39 is 34.6 Å². The van der Waals surface area contributed by atoms with Crippen molar-refractivity contribution < 1.29 is 24.2 Å². The second-order valence-corrected chi connectivity index (χ2v) is 15.3. The van der Waals surface area contributed by atoms with Gasteiger partial charge in [-0.3, -0.25) is 14.4 Å². The Hall–Kier alpha value is -2.97. The number of aliphatic hydroxyl groups is 1. The van der Waals surface area contributed by atoms with Crippen LogP contribution in [-0.2, 0) is 25.7 Å². The van der Waals surface area contributed by atoms with Crippen molar-refractivity contribution in [2.24, 2.45) is 17.3 Å². The largest absolute Gasteiger partial charge is 0.396 e. The predicted octanol–water partition coefficient (Wildman–Crippen LogP) is 5.11. The maximum atomic E-state index is 14.9. The number of ether oxygens (including phenoxy) is 1. The Morgan fingerprint density at radius 2 is 1.56 bits per heavy atom. The highest BCUT2D eigenvalue weighted by Gasteiger charge is 2.75. The lowest BCUT2D eigenvalue weighted by Crippen LogP contribution is -2.60. The van der Waals surface area contributed by atoms with Crippen LogP contribution >= 0.6 is 0 Å². The number of hydrogen-bond acceptors (Lipinski definition) is 5. The van der Waals surface area contributed by atoms with Crippen molar-refractivity contribution >= 4 is 17.7 Å². The summed E-state index contributed by atoms with van der Waals surface area (Å²) < 4.78 is 7.16. The minimum atomic E-state index is -1.25. The molecule has 0 aliphatic carbocycles. The number of likely N-dealkylation sites (tertiary alicyclic amines) is 1. The van der Waals surface area contributed by atoms with Crippen LogP contribution in [-0.4, -0.2) is 86.6 Å². The molecule has 2 saturated heterocycles. The van der Waals surface area contributed by atoms with Crippen molar-refractivity contribution in [2.45, 2.75) is 109 Å². The molecule has 0 aromatic heterocycles. The Morgan fingerprint density at radius 1 is 0.867 bits per heavy atom. The molecule has 0 bridgehead atoms. The summed E-state index contributed by atoms with van der Waals surface area (Å²) >= 11 is 0. The van der Waals surface area contributed by atoms with Gasteiger partial charge < -0.3 is 24.5 Å². The first kappa shape index (κ1) is 33.4. The van der Waals surface area contributed by atoms with Gasteiger partial charge >= 0.3 is 0 Å². The summed E-state index contributed by atoms with van der Waals surface area (Å²) in [6.07, 6.45) is 12.4. The van der Waals surface area contributed by atoms with Gasteiger partial charge in [-0.25, -0.2) is 0 Å². The molecule has 4 aliphatic heterocycles. The quantitative estimate of drug-likeness (QED) is 0.275. The molecule has 1 N–H and O–H groups in total. The highest BCUT2D eigenvalue weighted by Crippen LogP contribution is 2.59. The summed E-state index contributed by atoms with van der Waals surface area (Å²) in [4.78, 5) is 49.8. The van der Waals surface area contributed by atoms with Crippen molar-refractivity contribution in [1.29, 1.82) is 0 Å². The highest BCUT2D eigenvalue weighted by atomic mass is 16.5. The zero-order chi connectivity index (χ0) is 32.6. The number of carbonyl (C=O) groups is 3. The lowest BCUT2D eigenvalue weighted by Gasteiger charge is -2.45. The van der Waals surface area contributed by atoms with Crippen LogP contribution in [0, 0.1) is 17.3 Å². The summed E-state index contributed by atoms with van der Waals surface area (Å²) in [6.45, 7) is 14.6. The van der Waals surface area contributed by atoms with Gasteiger partial charge in [-0.15, -0.1) is 0 Å². The first-order chi connectivity index (χ1) is 21.3. The average Bonchev–Trinajstić information content (AvgIpc) is 3.26. The van der Waals surface area contributed by atoms with Gasteiger partial charge in [0.2, 0.25) is 17.7 Å². The van der Waals surface area contributed by atoms with Crippen molar-refractivity contribution in [3.63, 3.8) is 0 Å². The van der Waals surface area contributed by atoms with E-state index in [4.69, 9.17) is 4.74 Å². The molecule has 1 unspecified atom stereocenters. The average molecular weight is 620 g/mol. The van der Waals surface area contributed by atoms with E-state index in [0.29, 0.717) is 45.4 Å². The third kappa shape index (κ3) is 6.12. The molecule has 1 aromatic carbocycles. The molecule has 246 valence electrons. The number of rotatable bonds is 11. The van der Waals surface area contributed by atoms with Gasteiger partial charge in [0.05, 0.1) is 17.4 Å². The number of nitrogens with zero attached hydrogens (tertiary/aromatic N) is 3. The fourth-order valence-electron chi connectivity index (χ4n) is 8.68. The third-order valence-corrected chi connectivity index (χ3v) is 10.2. The fourth-order valence-corrected chi connectivity index (χ4v) is 8.68. The van der Waals surface area contributed by atoms with E-state index in [1.807, 2.05) is 71.4 Å². The smallest absolute Gasteiger partial charge is 0.249 e. The molecule has 5 atom stereocenters. The van der Waals surface area contributed by atoms with Crippen LogP contribution in [0.3, 0.4) is 0 Å². The van der Waals surface area contributed by atoms with Crippen molar-refractivity contribution in [3.8, 4) is 0 Å². The van der Waals surface area contributed by atoms with Crippen LogP contribution < -0.4 is 0 Å². The molecule has 8 heteroatoms. The standard InChI is InChI=1S/C37H53N3O5/c1-7-36-19-15-21-38(25-27-17-11-10-12-18-27)31(42)28(36)29-32(43)39(22-13-8-9-14-24-41)30-33(44)40(23-16-20-37(29,30)45-36)35(5,6)26-34(2,3)4/h10-12,15-20,28-30,41H,7-9,13-14,21-26H2,1-6H3/t28-,29-,30?,36+,37-/m0/s1. The zero-order valence-corrected chi connectivity index (χ0v) is 28.1. The van der Waals surface area contributed by atoms with E-state index in [1.165, 1.54) is 0 Å². The zero-order valence-electron chi connectivity index (χ0n) is 28.1. The molecule has 5 rings (SSSR count). The van der Waals surface area contributed by atoms with E-state index in [1.54, 1.807) is 4.90 Å². The van der Waals surface area contributed by atoms with Crippen LogP contribution in [0.2, 0.25) is 0 Å². The number of carbonyl (C=O) groups excluding carboxylic acids is 3. The summed E-state index contributed by atoms with van der Waals surface area (Å²) in [6, 6.07) is 9.06. The number of hydrogen-bond donors (Lipinski definition) is 1. The van der Waals surface area contributed by atoms with Crippen LogP contribution in [0.4, 0.5) is 0 Å². The van der Waals surface area contributed by atoms with E-state index in [2.05, 4.69) is 34.6 Å². The van der Waals surface area contributed by atoms with E-state index in [0.717, 1.165) is 24.8 Å². The van der Waals surface area contributed by atoms with Gasteiger partial charge in [0.1, 0.15) is 11.6 Å². The van der Waals surface area contributed by atoms with Crippen molar-refractivity contribution in [1.82, 2.24) is 14.7 Å². The van der Waals surface area contributed by atoms with Crippen molar-refractivity contribution in [2.75, 3.05) is 26.2 Å². The number of fused-ring (bicyclic) bond motifs is 2. The van der Waals surface area contributed by atoms with E-state index in [-0.39, 0.29) is 29.7 Å². The van der Waals surface area contributed by atoms with E-state index >= 15 is 0 Å². The second-order valence-electron chi connectivity index (χ2n) is 15.3. The van der Waals surface area contributed by atoms with Crippen LogP contribution in [0.1, 0.15) is 85.6 Å². The third-order valence-electron chi connectivity index (χ3n) is 10.2. The maximum Gasteiger partial charge on any atom is 0.249 e. The lowest BCUT2D eigenvalue weighted by molar-refractivity contribution is -0.157. The SMILES string of the molecule is CC[C@@]12C=CCN(Cc3ccccc3)C(=O)[C@@H]1[C@H]1C(=O)N(CCCCCCO)C3C(=O)N(C(C)(C)CC(C)(C)C)CC=C[C@@]31O2. The molecule has 45 heavy (non-hydrogen) atoms. The molecule has 4 aliphatic rings. The van der Waals surface area contributed by atoms with E-state index in [9.17, 15) is 19.5 Å². The van der Waals surface area contributed by atoms with Gasteiger partial charge in [0.15, 0.2) is 0 Å². The molecule has 0 radical (unpaired) electrons. The van der Waals surface area contributed by atoms with Crippen LogP contribution in [0.15, 0.2) is 54.6 Å². The Balaban J connectivity index is 1.57. The predicted molar refractivity (Wildman–Crippen MR) is 175 cm³/mol. The minimum absolute atomic E-state index is 0.0132. The minimum Gasteiger partial charge on any atom is -0.396 e. The van der Waals surface area contributed by atoms with Gasteiger partial charge in [0.25, 0.3) is 0 Å². The van der Waals surface area contributed by atoms with Crippen molar-refractivity contribution in [3.05, 3.63) is 60.2 Å². The molecule has 2 fully saturated rings. The number of amides is 3. The molecule has 1 aromatic rings. The molecule has 3 amide bonds. The van der Waals surface area contributed by atoms with Gasteiger partial charge in [-0.2, -0.15) is 0 Å². The molecular weight excluding hydrogens is 566 g/mol. The fraction of sp³-hybridized carbons (Fsp3) is 0.649. The number of unbranched alkanes of at least 4 members (excludes halogenated alkanes) is 3. The van der Waals surface area contributed by atoms with Gasteiger partial charge in [-0.05, 0) is 50.5 Å². The summed E-state index contributed by atoms with van der Waals surface area (Å²) in [5.74, 6) is -1.93. The normalized spacial score (nSPS) is 30.0. The highest BCUT2D eigenvalue weighted by molar-refractivity contribution is 6.00. The molecule has 4 heterocycles. The Kier molecular flexibility index (Phi) is 9.40. The topological polar surface area (TPSA) is 90.4 Å². The molecule has 8 nitrogen and oxygen atoms in total. The lowest BCUT2D eigenvalue weighted by atomic mass is 9.72. The van der Waals surface area contributed by atoms with Gasteiger partial charge in [-0.1, -0.05) is 95.2 Å². The monoisotopic (exact) mass is 619 g/mol. The van der Waals surface area contributed by atoms with Crippen LogP contribution in [0.25, 0.3) is 0 Å². The second kappa shape index (κ2) is 12.7. The molecular formula is C37H53N3O5.